The second kappa shape index (κ2) is 6.04. The molecule has 1 N–H and O–H groups in total. The summed E-state index contributed by atoms with van der Waals surface area (Å²) in [6.07, 6.45) is 0. The molecule has 1 aliphatic heterocycles. The number of hydrogen-bond acceptors (Lipinski definition) is 4. The molecule has 22 heavy (non-hydrogen) atoms. The number of furan rings is 1. The maximum Gasteiger partial charge on any atom is 0.277 e. The third kappa shape index (κ3) is 2.79. The molecule has 3 rings (SSSR count). The first-order valence-corrected chi connectivity index (χ1v) is 8.85. The molecule has 1 aliphatic rings. The lowest BCUT2D eigenvalue weighted by atomic mass is 10.1. The molecule has 1 saturated heterocycles. The first-order chi connectivity index (χ1) is 10.5. The van der Waals surface area contributed by atoms with Crippen LogP contribution in [0.15, 0.2) is 45.9 Å². The van der Waals surface area contributed by atoms with E-state index in [4.69, 9.17) is 16.0 Å². The van der Waals surface area contributed by atoms with Crippen molar-refractivity contribution in [2.45, 2.75) is 18.1 Å². The first-order valence-electron chi connectivity index (χ1n) is 7.03. The van der Waals surface area contributed by atoms with Gasteiger partial charge in [-0.1, -0.05) is 29.8 Å². The second-order valence-electron chi connectivity index (χ2n) is 5.22. The van der Waals surface area contributed by atoms with Crippen LogP contribution in [-0.4, -0.2) is 32.4 Å². The number of nitrogens with one attached hydrogen (secondary N) is 1. The molecule has 0 aliphatic carbocycles. The Hall–Kier alpha value is -1.34. The van der Waals surface area contributed by atoms with Crippen LogP contribution in [0.3, 0.4) is 0 Å². The highest BCUT2D eigenvalue weighted by molar-refractivity contribution is 7.89. The van der Waals surface area contributed by atoms with Crippen LogP contribution in [0.1, 0.15) is 17.4 Å². The molecule has 0 radical (unpaired) electrons. The standard InChI is InChI=1S/C15H17ClN2O3S/c1-11-6-7-15(21-11)22(19,20)18-9-8-17-10-14(18)12-4-2-3-5-13(12)16/h2-7,14,17H,8-10H2,1H3. The van der Waals surface area contributed by atoms with Gasteiger partial charge in [-0.25, -0.2) is 8.42 Å². The highest BCUT2D eigenvalue weighted by atomic mass is 35.5. The van der Waals surface area contributed by atoms with Crippen LogP contribution in [0.5, 0.6) is 0 Å². The summed E-state index contributed by atoms with van der Waals surface area (Å²) in [6.45, 7) is 3.21. The normalized spacial score (nSPS) is 20.2. The fourth-order valence-corrected chi connectivity index (χ4v) is 4.47. The van der Waals surface area contributed by atoms with E-state index in [1.807, 2.05) is 18.2 Å². The SMILES string of the molecule is Cc1ccc(S(=O)(=O)N2CCNCC2c2ccccc2Cl)o1. The number of piperazine rings is 1. The molecule has 5 nitrogen and oxygen atoms in total. The lowest BCUT2D eigenvalue weighted by Gasteiger charge is -2.35. The maximum absolute atomic E-state index is 12.9. The van der Waals surface area contributed by atoms with E-state index in [0.717, 1.165) is 5.56 Å². The van der Waals surface area contributed by atoms with Gasteiger partial charge in [-0.2, -0.15) is 4.31 Å². The van der Waals surface area contributed by atoms with Crippen LogP contribution in [0, 0.1) is 6.92 Å². The summed E-state index contributed by atoms with van der Waals surface area (Å²) in [7, 11) is -3.69. The topological polar surface area (TPSA) is 62.6 Å². The smallest absolute Gasteiger partial charge is 0.277 e. The number of aryl methyl sites for hydroxylation is 1. The van der Waals surface area contributed by atoms with Gasteiger partial charge in [-0.15, -0.1) is 0 Å². The molecule has 1 atom stereocenters. The van der Waals surface area contributed by atoms with Gasteiger partial charge in [0.25, 0.3) is 10.0 Å². The van der Waals surface area contributed by atoms with Crippen molar-refractivity contribution in [3.63, 3.8) is 0 Å². The minimum atomic E-state index is -3.69. The third-order valence-corrected chi connectivity index (χ3v) is 5.86. The van der Waals surface area contributed by atoms with E-state index in [1.54, 1.807) is 19.1 Å². The Morgan fingerprint density at radius 3 is 2.73 bits per heavy atom. The predicted molar refractivity (Wildman–Crippen MR) is 84.4 cm³/mol. The van der Waals surface area contributed by atoms with Gasteiger partial charge >= 0.3 is 0 Å². The number of hydrogen-bond donors (Lipinski definition) is 1. The van der Waals surface area contributed by atoms with Gasteiger partial charge in [0.2, 0.25) is 5.09 Å². The lowest BCUT2D eigenvalue weighted by Crippen LogP contribution is -2.48. The maximum atomic E-state index is 12.9. The zero-order valence-electron chi connectivity index (χ0n) is 12.1. The van der Waals surface area contributed by atoms with Crippen LogP contribution >= 0.6 is 11.6 Å². The molecule has 1 aromatic heterocycles. The molecule has 1 fully saturated rings. The van der Waals surface area contributed by atoms with E-state index in [-0.39, 0.29) is 11.1 Å². The summed E-state index contributed by atoms with van der Waals surface area (Å²) in [5.41, 5.74) is 0.795. The molecule has 0 bridgehead atoms. The Morgan fingerprint density at radius 1 is 1.27 bits per heavy atom. The zero-order valence-corrected chi connectivity index (χ0v) is 13.7. The molecule has 118 valence electrons. The summed E-state index contributed by atoms with van der Waals surface area (Å²) in [6, 6.07) is 10.1. The van der Waals surface area contributed by atoms with Gasteiger partial charge in [-0.05, 0) is 30.7 Å². The number of sulfonamides is 1. The van der Waals surface area contributed by atoms with Crippen molar-refractivity contribution in [1.82, 2.24) is 9.62 Å². The minimum Gasteiger partial charge on any atom is -0.449 e. The molecule has 1 unspecified atom stereocenters. The van der Waals surface area contributed by atoms with Gasteiger partial charge in [-0.3, -0.25) is 0 Å². The van der Waals surface area contributed by atoms with Crippen LogP contribution < -0.4 is 5.32 Å². The van der Waals surface area contributed by atoms with E-state index in [9.17, 15) is 8.42 Å². The Kier molecular flexibility index (Phi) is 4.27. The molecule has 0 amide bonds. The van der Waals surface area contributed by atoms with Crippen LogP contribution in [0.2, 0.25) is 5.02 Å². The predicted octanol–water partition coefficient (Wildman–Crippen LogP) is 2.58. The van der Waals surface area contributed by atoms with Gasteiger partial charge in [0.15, 0.2) is 0 Å². The average molecular weight is 341 g/mol. The highest BCUT2D eigenvalue weighted by Gasteiger charge is 2.36. The van der Waals surface area contributed by atoms with Crippen molar-refractivity contribution in [3.8, 4) is 0 Å². The van der Waals surface area contributed by atoms with Crippen LogP contribution in [0.4, 0.5) is 0 Å². The van der Waals surface area contributed by atoms with Gasteiger partial charge in [0.05, 0.1) is 6.04 Å². The minimum absolute atomic E-state index is 0.0241. The number of nitrogens with zero attached hydrogens (tertiary/aromatic N) is 1. The Labute approximate surface area is 134 Å². The van der Waals surface area contributed by atoms with Gasteiger partial charge in [0.1, 0.15) is 5.76 Å². The van der Waals surface area contributed by atoms with Crippen molar-refractivity contribution >= 4 is 21.6 Å². The molecular weight excluding hydrogens is 324 g/mol. The second-order valence-corrected chi connectivity index (χ2v) is 7.45. The van der Waals surface area contributed by atoms with Crippen molar-refractivity contribution < 1.29 is 12.8 Å². The molecule has 2 aromatic rings. The summed E-state index contributed by atoms with van der Waals surface area (Å²) < 4.78 is 32.5. The van der Waals surface area contributed by atoms with Crippen LogP contribution in [-0.2, 0) is 10.0 Å². The monoisotopic (exact) mass is 340 g/mol. The summed E-state index contributed by atoms with van der Waals surface area (Å²) in [4.78, 5) is 0. The molecule has 7 heteroatoms. The Balaban J connectivity index is 2.02. The molecule has 0 saturated carbocycles. The average Bonchev–Trinajstić information content (AvgIpc) is 2.95. The van der Waals surface area contributed by atoms with E-state index in [2.05, 4.69) is 5.32 Å². The van der Waals surface area contributed by atoms with Crippen molar-refractivity contribution in [1.29, 1.82) is 0 Å². The molecule has 2 heterocycles. The molecular formula is C15H17ClN2O3S. The van der Waals surface area contributed by atoms with Crippen molar-refractivity contribution in [2.24, 2.45) is 0 Å². The van der Waals surface area contributed by atoms with Crippen molar-refractivity contribution in [2.75, 3.05) is 19.6 Å². The van der Waals surface area contributed by atoms with Gasteiger partial charge < -0.3 is 9.73 Å². The number of halogens is 1. The lowest BCUT2D eigenvalue weighted by molar-refractivity contribution is 0.263. The molecule has 1 aromatic carbocycles. The van der Waals surface area contributed by atoms with E-state index >= 15 is 0 Å². The molecule has 0 spiro atoms. The zero-order chi connectivity index (χ0) is 15.7. The van der Waals surface area contributed by atoms with Crippen LogP contribution in [0.25, 0.3) is 0 Å². The van der Waals surface area contributed by atoms with E-state index < -0.39 is 10.0 Å². The Bertz CT molecular complexity index is 773. The summed E-state index contributed by atoms with van der Waals surface area (Å²) >= 11 is 6.25. The van der Waals surface area contributed by atoms with E-state index in [1.165, 1.54) is 10.4 Å². The fraction of sp³-hybridized carbons (Fsp3) is 0.333. The number of benzene rings is 1. The fourth-order valence-electron chi connectivity index (χ4n) is 2.65. The Morgan fingerprint density at radius 2 is 2.05 bits per heavy atom. The largest absolute Gasteiger partial charge is 0.449 e. The first kappa shape index (κ1) is 15.6. The quantitative estimate of drug-likeness (QED) is 0.932. The summed E-state index contributed by atoms with van der Waals surface area (Å²) in [5.74, 6) is 0.572. The highest BCUT2D eigenvalue weighted by Crippen LogP contribution is 2.33. The van der Waals surface area contributed by atoms with E-state index in [0.29, 0.717) is 30.4 Å². The van der Waals surface area contributed by atoms with Crippen molar-refractivity contribution in [3.05, 3.63) is 52.7 Å². The van der Waals surface area contributed by atoms with Gasteiger partial charge in [0, 0.05) is 24.7 Å². The summed E-state index contributed by atoms with van der Waals surface area (Å²) in [5, 5.41) is 3.76. The third-order valence-electron chi connectivity index (χ3n) is 3.74. The number of rotatable bonds is 3.